The van der Waals surface area contributed by atoms with Crippen molar-refractivity contribution >= 4 is 40.3 Å². The fourth-order valence-electron chi connectivity index (χ4n) is 4.20. The smallest absolute Gasteiger partial charge is 0.239 e. The second-order valence-electron chi connectivity index (χ2n) is 9.10. The average molecular weight is 549 g/mol. The Labute approximate surface area is 239 Å². The molecule has 0 bridgehead atoms. The van der Waals surface area contributed by atoms with Crippen molar-refractivity contribution in [2.75, 3.05) is 16.1 Å². The van der Waals surface area contributed by atoms with Crippen LogP contribution in [-0.4, -0.2) is 11.8 Å². The van der Waals surface area contributed by atoms with E-state index in [2.05, 4.69) is 10.2 Å². The summed E-state index contributed by atoms with van der Waals surface area (Å²) in [4.78, 5) is 13.9. The molecule has 1 amide bonds. The number of alkyl halides is 1. The van der Waals surface area contributed by atoms with Gasteiger partial charge in [-0.1, -0.05) is 60.7 Å². The fraction of sp³-hybridized carbons (Fsp3) is 0.0882. The summed E-state index contributed by atoms with van der Waals surface area (Å²) in [5, 5.41) is 2.78. The number of hydrogen-bond acceptors (Lipinski definition) is 4. The molecule has 5 nitrogen and oxygen atoms in total. The molecule has 40 heavy (non-hydrogen) atoms. The number of halogens is 1. The van der Waals surface area contributed by atoms with Crippen molar-refractivity contribution in [1.82, 2.24) is 0 Å². The summed E-state index contributed by atoms with van der Waals surface area (Å²) < 4.78 is 12.0. The van der Waals surface area contributed by atoms with Gasteiger partial charge >= 0.3 is 0 Å². The van der Waals surface area contributed by atoms with E-state index >= 15 is 0 Å². The van der Waals surface area contributed by atoms with Crippen molar-refractivity contribution in [2.45, 2.75) is 13.2 Å². The normalized spacial score (nSPS) is 10.5. The lowest BCUT2D eigenvalue weighted by atomic mass is 10.1. The third-order valence-corrected chi connectivity index (χ3v) is 6.46. The van der Waals surface area contributed by atoms with Gasteiger partial charge in [-0.15, -0.1) is 11.6 Å². The first-order chi connectivity index (χ1) is 19.7. The predicted octanol–water partition coefficient (Wildman–Crippen LogP) is 8.49. The van der Waals surface area contributed by atoms with Crippen molar-refractivity contribution in [1.29, 1.82) is 0 Å². The van der Waals surface area contributed by atoms with E-state index in [-0.39, 0.29) is 11.8 Å². The molecule has 200 valence electrons. The molecule has 0 saturated heterocycles. The van der Waals surface area contributed by atoms with E-state index in [0.717, 1.165) is 39.7 Å². The maximum Gasteiger partial charge on any atom is 0.239 e. The summed E-state index contributed by atoms with van der Waals surface area (Å²) >= 11 is 5.64. The lowest BCUT2D eigenvalue weighted by Gasteiger charge is -2.26. The van der Waals surface area contributed by atoms with E-state index in [1.54, 1.807) is 0 Å². The Kier molecular flexibility index (Phi) is 8.97. The number of benzene rings is 5. The van der Waals surface area contributed by atoms with Gasteiger partial charge in [-0.3, -0.25) is 4.79 Å². The van der Waals surface area contributed by atoms with Crippen LogP contribution in [0.4, 0.5) is 22.7 Å². The van der Waals surface area contributed by atoms with Gasteiger partial charge in [0.15, 0.2) is 0 Å². The number of nitrogens with zero attached hydrogens (tertiary/aromatic N) is 1. The first-order valence-electron chi connectivity index (χ1n) is 13.0. The number of carbonyl (C=O) groups excluding carboxylic acids is 1. The molecule has 0 heterocycles. The monoisotopic (exact) mass is 548 g/mol. The second-order valence-corrected chi connectivity index (χ2v) is 9.37. The maximum absolute atomic E-state index is 11.7. The Morgan fingerprint density at radius 3 is 1.38 bits per heavy atom. The predicted molar refractivity (Wildman–Crippen MR) is 162 cm³/mol. The molecule has 0 aliphatic carbocycles. The summed E-state index contributed by atoms with van der Waals surface area (Å²) in [6.07, 6.45) is 0. The third kappa shape index (κ3) is 7.22. The van der Waals surface area contributed by atoms with Crippen LogP contribution in [0.2, 0.25) is 0 Å². The molecule has 0 aromatic heterocycles. The van der Waals surface area contributed by atoms with Crippen molar-refractivity contribution in [3.05, 3.63) is 145 Å². The highest BCUT2D eigenvalue weighted by molar-refractivity contribution is 6.29. The lowest BCUT2D eigenvalue weighted by Crippen LogP contribution is -2.13. The molecule has 0 radical (unpaired) electrons. The zero-order valence-corrected chi connectivity index (χ0v) is 22.6. The average Bonchev–Trinajstić information content (AvgIpc) is 3.02. The van der Waals surface area contributed by atoms with Gasteiger partial charge < -0.3 is 19.7 Å². The first kappa shape index (κ1) is 26.9. The van der Waals surface area contributed by atoms with Crippen LogP contribution in [0, 0.1) is 0 Å². The van der Waals surface area contributed by atoms with Gasteiger partial charge in [0.2, 0.25) is 5.91 Å². The van der Waals surface area contributed by atoms with Gasteiger partial charge in [0.05, 0.1) is 0 Å². The zero-order valence-electron chi connectivity index (χ0n) is 21.9. The topological polar surface area (TPSA) is 50.8 Å². The molecule has 0 saturated carbocycles. The highest BCUT2D eigenvalue weighted by Crippen LogP contribution is 2.36. The van der Waals surface area contributed by atoms with Gasteiger partial charge in [-0.05, 0) is 83.9 Å². The SMILES string of the molecule is O=C(CCl)Nc1ccc(N(c2ccc(OCc3ccccc3)cc2)c2ccc(OCc3ccccc3)cc2)cc1. The largest absolute Gasteiger partial charge is 0.489 e. The molecule has 6 heteroatoms. The van der Waals surface area contributed by atoms with Crippen molar-refractivity contribution in [3.63, 3.8) is 0 Å². The van der Waals surface area contributed by atoms with Crippen LogP contribution in [0.1, 0.15) is 11.1 Å². The van der Waals surface area contributed by atoms with E-state index in [9.17, 15) is 4.79 Å². The van der Waals surface area contributed by atoms with Crippen molar-refractivity contribution < 1.29 is 14.3 Å². The summed E-state index contributed by atoms with van der Waals surface area (Å²) in [7, 11) is 0. The summed E-state index contributed by atoms with van der Waals surface area (Å²) in [5.74, 6) is 1.24. The molecule has 0 atom stereocenters. The minimum Gasteiger partial charge on any atom is -0.489 e. The summed E-state index contributed by atoms with van der Waals surface area (Å²) in [6.45, 7) is 1.01. The number of carbonyl (C=O) groups is 1. The minimum absolute atomic E-state index is 0.0920. The molecule has 5 aromatic carbocycles. The molecule has 0 spiro atoms. The number of rotatable bonds is 11. The Balaban J connectivity index is 1.37. The lowest BCUT2D eigenvalue weighted by molar-refractivity contribution is -0.113. The van der Waals surface area contributed by atoms with Crippen LogP contribution < -0.4 is 19.7 Å². The van der Waals surface area contributed by atoms with Crippen molar-refractivity contribution in [3.8, 4) is 11.5 Å². The van der Waals surface area contributed by atoms with Crippen molar-refractivity contribution in [2.24, 2.45) is 0 Å². The van der Waals surface area contributed by atoms with E-state index in [0.29, 0.717) is 18.9 Å². The third-order valence-electron chi connectivity index (χ3n) is 6.22. The van der Waals surface area contributed by atoms with E-state index in [4.69, 9.17) is 21.1 Å². The quantitative estimate of drug-likeness (QED) is 0.168. The molecule has 1 N–H and O–H groups in total. The van der Waals surface area contributed by atoms with Gasteiger partial charge in [-0.25, -0.2) is 0 Å². The summed E-state index contributed by atoms with van der Waals surface area (Å²) in [5.41, 5.74) is 5.77. The Hall–Kier alpha value is -4.74. The molecule has 5 rings (SSSR count). The highest BCUT2D eigenvalue weighted by Gasteiger charge is 2.14. The number of anilines is 4. The number of hydrogen-bond donors (Lipinski definition) is 1. The summed E-state index contributed by atoms with van der Waals surface area (Å²) in [6, 6.07) is 43.8. The second kappa shape index (κ2) is 13.4. The number of amides is 1. The standard InChI is InChI=1S/C34H29ClN2O3/c35-23-34(38)36-28-11-13-29(14-12-28)37(30-15-19-32(20-16-30)39-24-26-7-3-1-4-8-26)31-17-21-33(22-18-31)40-25-27-9-5-2-6-10-27/h1-22H,23-25H2,(H,36,38). The van der Waals surface area contributed by atoms with Crippen LogP contribution in [-0.2, 0) is 18.0 Å². The maximum atomic E-state index is 11.7. The Morgan fingerprint density at radius 1 is 0.575 bits per heavy atom. The highest BCUT2D eigenvalue weighted by atomic mass is 35.5. The van der Waals surface area contributed by atoms with E-state index < -0.39 is 0 Å². The van der Waals surface area contributed by atoms with Gasteiger partial charge in [0, 0.05) is 22.7 Å². The number of nitrogens with one attached hydrogen (secondary N) is 1. The zero-order chi connectivity index (χ0) is 27.6. The molecule has 0 aliphatic rings. The van der Waals surface area contributed by atoms with Gasteiger partial charge in [0.1, 0.15) is 30.6 Å². The van der Waals surface area contributed by atoms with Crippen LogP contribution >= 0.6 is 11.6 Å². The minimum atomic E-state index is -0.247. The van der Waals surface area contributed by atoms with Crippen LogP contribution in [0.15, 0.2) is 133 Å². The van der Waals surface area contributed by atoms with Gasteiger partial charge in [0.25, 0.3) is 0 Å². The van der Waals surface area contributed by atoms with Gasteiger partial charge in [-0.2, -0.15) is 0 Å². The Morgan fingerprint density at radius 2 is 0.975 bits per heavy atom. The molecule has 0 aliphatic heterocycles. The van der Waals surface area contributed by atoms with Crippen LogP contribution in [0.5, 0.6) is 11.5 Å². The Bertz CT molecular complexity index is 1400. The van der Waals surface area contributed by atoms with Crippen LogP contribution in [0.25, 0.3) is 0 Å². The molecule has 0 fully saturated rings. The molecular formula is C34H29ClN2O3. The number of ether oxygens (including phenoxy) is 2. The molecule has 0 unspecified atom stereocenters. The van der Waals surface area contributed by atoms with E-state index in [1.165, 1.54) is 0 Å². The first-order valence-corrected chi connectivity index (χ1v) is 13.5. The van der Waals surface area contributed by atoms with Crippen LogP contribution in [0.3, 0.4) is 0 Å². The molecular weight excluding hydrogens is 520 g/mol. The molecule has 5 aromatic rings. The fourth-order valence-corrected chi connectivity index (χ4v) is 4.27. The van der Waals surface area contributed by atoms with E-state index in [1.807, 2.05) is 133 Å².